The van der Waals surface area contributed by atoms with Gasteiger partial charge in [0.2, 0.25) is 11.9 Å². The number of halogens is 1. The molecule has 1 aromatic rings. The van der Waals surface area contributed by atoms with Crippen molar-refractivity contribution in [2.45, 2.75) is 19.2 Å². The van der Waals surface area contributed by atoms with Crippen LogP contribution in [0.15, 0.2) is 6.20 Å². The number of hydrogen-bond donors (Lipinski definition) is 2. The minimum absolute atomic E-state index is 0.258. The van der Waals surface area contributed by atoms with Crippen molar-refractivity contribution in [1.82, 2.24) is 9.97 Å². The molecule has 0 radical (unpaired) electrons. The Morgan fingerprint density at radius 2 is 2.50 bits per heavy atom. The molecule has 0 aliphatic heterocycles. The second-order valence-electron chi connectivity index (χ2n) is 2.52. The van der Waals surface area contributed by atoms with Crippen LogP contribution in [0.4, 0.5) is 5.95 Å². The second-order valence-corrected chi connectivity index (χ2v) is 3.17. The van der Waals surface area contributed by atoms with Crippen LogP contribution in [0.25, 0.3) is 0 Å². The van der Waals surface area contributed by atoms with Crippen LogP contribution < -0.4 is 5.32 Å². The van der Waals surface area contributed by atoms with E-state index < -0.39 is 5.38 Å². The van der Waals surface area contributed by atoms with E-state index in [1.165, 1.54) is 0 Å². The van der Waals surface area contributed by atoms with E-state index in [9.17, 15) is 4.79 Å². The normalized spacial score (nSPS) is 12.6. The Morgan fingerprint density at radius 1 is 1.83 bits per heavy atom. The fraction of sp³-hybridized carbons (Fsp3) is 0.429. The first-order valence-corrected chi connectivity index (χ1v) is 4.00. The standard InChI is InChI=1S/C7H10ClN3O/c1-4-3-9-7(10-4)11-6(12)5(2)8/h3,5H,1-2H3,(H2,9,10,11,12). The first kappa shape index (κ1) is 9.06. The van der Waals surface area contributed by atoms with Crippen molar-refractivity contribution >= 4 is 23.5 Å². The Hall–Kier alpha value is -1.03. The molecule has 1 aromatic heterocycles. The van der Waals surface area contributed by atoms with Gasteiger partial charge in [-0.3, -0.25) is 10.1 Å². The van der Waals surface area contributed by atoms with Crippen LogP contribution >= 0.6 is 11.6 Å². The number of aryl methyl sites for hydroxylation is 1. The highest BCUT2D eigenvalue weighted by Crippen LogP contribution is 2.03. The summed E-state index contributed by atoms with van der Waals surface area (Å²) in [5.74, 6) is 0.177. The van der Waals surface area contributed by atoms with Gasteiger partial charge in [0, 0.05) is 11.9 Å². The third-order valence-corrected chi connectivity index (χ3v) is 1.50. The molecular formula is C7H10ClN3O. The number of carbonyl (C=O) groups is 1. The zero-order chi connectivity index (χ0) is 9.14. The molecule has 1 rings (SSSR count). The van der Waals surface area contributed by atoms with Gasteiger partial charge in [0.1, 0.15) is 5.38 Å². The van der Waals surface area contributed by atoms with E-state index in [1.807, 2.05) is 6.92 Å². The van der Waals surface area contributed by atoms with E-state index in [-0.39, 0.29) is 5.91 Å². The number of aromatic nitrogens is 2. The van der Waals surface area contributed by atoms with Crippen molar-refractivity contribution in [3.05, 3.63) is 11.9 Å². The summed E-state index contributed by atoms with van der Waals surface area (Å²) in [6.07, 6.45) is 1.63. The predicted molar refractivity (Wildman–Crippen MR) is 47.3 cm³/mol. The summed E-state index contributed by atoms with van der Waals surface area (Å²) in [5, 5.41) is 1.98. The van der Waals surface area contributed by atoms with Crippen LogP contribution in [0.2, 0.25) is 0 Å². The van der Waals surface area contributed by atoms with Gasteiger partial charge in [0.15, 0.2) is 0 Å². The fourth-order valence-corrected chi connectivity index (χ4v) is 0.747. The maximum atomic E-state index is 11.0. The summed E-state index contributed by atoms with van der Waals surface area (Å²) in [6.45, 7) is 3.46. The average molecular weight is 188 g/mol. The molecule has 0 bridgehead atoms. The van der Waals surface area contributed by atoms with E-state index in [0.717, 1.165) is 5.69 Å². The van der Waals surface area contributed by atoms with Crippen LogP contribution in [0, 0.1) is 6.92 Å². The van der Waals surface area contributed by atoms with Gasteiger partial charge in [-0.15, -0.1) is 11.6 Å². The van der Waals surface area contributed by atoms with Gasteiger partial charge in [-0.2, -0.15) is 0 Å². The van der Waals surface area contributed by atoms with Gasteiger partial charge >= 0.3 is 0 Å². The van der Waals surface area contributed by atoms with E-state index in [1.54, 1.807) is 13.1 Å². The lowest BCUT2D eigenvalue weighted by atomic mass is 10.4. The van der Waals surface area contributed by atoms with E-state index in [0.29, 0.717) is 5.95 Å². The number of H-pyrrole nitrogens is 1. The lowest BCUT2D eigenvalue weighted by molar-refractivity contribution is -0.115. The molecule has 0 saturated carbocycles. The summed E-state index contributed by atoms with van der Waals surface area (Å²) < 4.78 is 0. The highest BCUT2D eigenvalue weighted by atomic mass is 35.5. The zero-order valence-electron chi connectivity index (χ0n) is 6.89. The van der Waals surface area contributed by atoms with Gasteiger partial charge in [0.25, 0.3) is 0 Å². The zero-order valence-corrected chi connectivity index (χ0v) is 7.64. The van der Waals surface area contributed by atoms with Crippen molar-refractivity contribution in [3.8, 4) is 0 Å². The predicted octanol–water partition coefficient (Wildman–Crippen LogP) is 1.28. The number of imidazole rings is 1. The molecular weight excluding hydrogens is 178 g/mol. The third-order valence-electron chi connectivity index (χ3n) is 1.31. The quantitative estimate of drug-likeness (QED) is 0.686. The van der Waals surface area contributed by atoms with Crippen LogP contribution in [-0.4, -0.2) is 21.3 Å². The van der Waals surface area contributed by atoms with Crippen molar-refractivity contribution < 1.29 is 4.79 Å². The maximum absolute atomic E-state index is 11.0. The minimum Gasteiger partial charge on any atom is -0.328 e. The number of nitrogens with zero attached hydrogens (tertiary/aromatic N) is 1. The molecule has 1 heterocycles. The molecule has 0 aromatic carbocycles. The number of anilines is 1. The minimum atomic E-state index is -0.546. The molecule has 66 valence electrons. The highest BCUT2D eigenvalue weighted by Gasteiger charge is 2.09. The van der Waals surface area contributed by atoms with Crippen molar-refractivity contribution in [3.63, 3.8) is 0 Å². The molecule has 12 heavy (non-hydrogen) atoms. The Morgan fingerprint density at radius 3 is 2.92 bits per heavy atom. The molecule has 0 spiro atoms. The SMILES string of the molecule is Cc1cnc(NC(=O)C(C)Cl)[nH]1. The molecule has 1 amide bonds. The van der Waals surface area contributed by atoms with Crippen LogP contribution in [0.1, 0.15) is 12.6 Å². The largest absolute Gasteiger partial charge is 0.328 e. The van der Waals surface area contributed by atoms with Gasteiger partial charge < -0.3 is 4.98 Å². The molecule has 1 unspecified atom stereocenters. The lowest BCUT2D eigenvalue weighted by Crippen LogP contribution is -2.20. The van der Waals surface area contributed by atoms with Crippen LogP contribution in [0.3, 0.4) is 0 Å². The number of alkyl halides is 1. The summed E-state index contributed by atoms with van der Waals surface area (Å²) in [5.41, 5.74) is 0.896. The highest BCUT2D eigenvalue weighted by molar-refractivity contribution is 6.32. The number of amides is 1. The van der Waals surface area contributed by atoms with Gasteiger partial charge in [0.05, 0.1) is 0 Å². The molecule has 0 aliphatic rings. The summed E-state index contributed by atoms with van der Waals surface area (Å²) >= 11 is 5.53. The first-order chi connectivity index (χ1) is 5.59. The van der Waals surface area contributed by atoms with E-state index in [4.69, 9.17) is 11.6 Å². The van der Waals surface area contributed by atoms with Crippen LogP contribution in [0.5, 0.6) is 0 Å². The summed E-state index contributed by atoms with van der Waals surface area (Å²) in [4.78, 5) is 17.8. The molecule has 2 N–H and O–H groups in total. The smallest absolute Gasteiger partial charge is 0.244 e. The molecule has 0 aliphatic carbocycles. The van der Waals surface area contributed by atoms with Crippen molar-refractivity contribution in [2.24, 2.45) is 0 Å². The number of rotatable bonds is 2. The first-order valence-electron chi connectivity index (χ1n) is 3.56. The van der Waals surface area contributed by atoms with Gasteiger partial charge in [-0.05, 0) is 13.8 Å². The molecule has 0 saturated heterocycles. The molecule has 4 nitrogen and oxygen atoms in total. The third kappa shape index (κ3) is 2.23. The van der Waals surface area contributed by atoms with Gasteiger partial charge in [-0.1, -0.05) is 0 Å². The van der Waals surface area contributed by atoms with Crippen molar-refractivity contribution in [2.75, 3.05) is 5.32 Å². The monoisotopic (exact) mass is 187 g/mol. The van der Waals surface area contributed by atoms with Crippen molar-refractivity contribution in [1.29, 1.82) is 0 Å². The van der Waals surface area contributed by atoms with Gasteiger partial charge in [-0.25, -0.2) is 4.98 Å². The Labute approximate surface area is 75.3 Å². The average Bonchev–Trinajstić information content (AvgIpc) is 2.35. The number of aromatic amines is 1. The lowest BCUT2D eigenvalue weighted by Gasteiger charge is -2.01. The summed E-state index contributed by atoms with van der Waals surface area (Å²) in [7, 11) is 0. The Bertz CT molecular complexity index is 282. The topological polar surface area (TPSA) is 57.8 Å². The fourth-order valence-electron chi connectivity index (χ4n) is 0.692. The molecule has 0 fully saturated rings. The Balaban J connectivity index is 2.58. The van der Waals surface area contributed by atoms with Crippen LogP contribution in [-0.2, 0) is 4.79 Å². The second kappa shape index (κ2) is 3.58. The number of carbonyl (C=O) groups excluding carboxylic acids is 1. The molecule has 1 atom stereocenters. The maximum Gasteiger partial charge on any atom is 0.244 e. The number of nitrogens with one attached hydrogen (secondary N) is 2. The van der Waals surface area contributed by atoms with E-state index >= 15 is 0 Å². The summed E-state index contributed by atoms with van der Waals surface area (Å²) in [6, 6.07) is 0. The Kier molecular flexibility index (Phi) is 2.70. The number of hydrogen-bond acceptors (Lipinski definition) is 2. The van der Waals surface area contributed by atoms with E-state index in [2.05, 4.69) is 15.3 Å². The molecule has 5 heteroatoms.